The number of hydrogen-bond acceptors (Lipinski definition) is 4. The van der Waals surface area contributed by atoms with E-state index in [1.165, 1.54) is 0 Å². The predicted octanol–water partition coefficient (Wildman–Crippen LogP) is 2.60. The lowest BCUT2D eigenvalue weighted by Gasteiger charge is -2.10. The summed E-state index contributed by atoms with van der Waals surface area (Å²) in [7, 11) is 0. The van der Waals surface area contributed by atoms with Gasteiger partial charge in [-0.15, -0.1) is 0 Å². The molecule has 1 unspecified atom stereocenters. The fraction of sp³-hybridized carbons (Fsp3) is 0.727. The number of aromatic nitrogens is 2. The van der Waals surface area contributed by atoms with E-state index in [1.807, 2.05) is 34.6 Å². The third kappa shape index (κ3) is 2.64. The summed E-state index contributed by atoms with van der Waals surface area (Å²) in [6, 6.07) is 0. The first-order valence-corrected chi connectivity index (χ1v) is 5.24. The molecule has 0 saturated heterocycles. The highest BCUT2D eigenvalue weighted by Crippen LogP contribution is 2.20. The average molecular weight is 210 g/mol. The summed E-state index contributed by atoms with van der Waals surface area (Å²) in [4.78, 5) is 15.9. The molecule has 1 heterocycles. The summed E-state index contributed by atoms with van der Waals surface area (Å²) in [5.41, 5.74) is -0.207. The molecule has 4 nitrogen and oxygen atoms in total. The summed E-state index contributed by atoms with van der Waals surface area (Å²) in [6.07, 6.45) is 0.790. The van der Waals surface area contributed by atoms with Crippen LogP contribution in [0, 0.1) is 5.92 Å². The number of Topliss-reactive ketones (excluding diaryl/α,β-unsaturated/α-hetero) is 1. The second-order valence-corrected chi connectivity index (χ2v) is 4.85. The summed E-state index contributed by atoms with van der Waals surface area (Å²) in [5, 5.41) is 3.72. The largest absolute Gasteiger partial charge is 0.338 e. The van der Waals surface area contributed by atoms with Crippen LogP contribution in [0.2, 0.25) is 0 Å². The summed E-state index contributed by atoms with van der Waals surface area (Å²) in [5.74, 6) is 0.621. The van der Waals surface area contributed by atoms with Gasteiger partial charge in [0.2, 0.25) is 17.5 Å². The minimum Gasteiger partial charge on any atom is -0.338 e. The molecule has 0 amide bonds. The van der Waals surface area contributed by atoms with Crippen LogP contribution in [0.1, 0.15) is 57.5 Å². The van der Waals surface area contributed by atoms with Crippen molar-refractivity contribution in [3.8, 4) is 0 Å². The van der Waals surface area contributed by atoms with Crippen LogP contribution in [0.25, 0.3) is 0 Å². The van der Waals surface area contributed by atoms with Gasteiger partial charge < -0.3 is 4.52 Å². The normalized spacial score (nSPS) is 13.9. The summed E-state index contributed by atoms with van der Waals surface area (Å²) >= 11 is 0. The van der Waals surface area contributed by atoms with Gasteiger partial charge in [0.25, 0.3) is 0 Å². The minimum absolute atomic E-state index is 0.0447. The van der Waals surface area contributed by atoms with Crippen LogP contribution in [-0.2, 0) is 5.41 Å². The Morgan fingerprint density at radius 3 is 2.47 bits per heavy atom. The van der Waals surface area contributed by atoms with Crippen molar-refractivity contribution in [3.63, 3.8) is 0 Å². The topological polar surface area (TPSA) is 56.0 Å². The molecule has 0 bridgehead atoms. The van der Waals surface area contributed by atoms with Crippen molar-refractivity contribution in [2.24, 2.45) is 5.92 Å². The first kappa shape index (κ1) is 11.9. The zero-order valence-corrected chi connectivity index (χ0v) is 10.00. The zero-order chi connectivity index (χ0) is 11.6. The molecular weight excluding hydrogens is 192 g/mol. The highest BCUT2D eigenvalue weighted by atomic mass is 16.5. The van der Waals surface area contributed by atoms with Crippen LogP contribution in [0.15, 0.2) is 4.52 Å². The van der Waals surface area contributed by atoms with Crippen molar-refractivity contribution < 1.29 is 9.32 Å². The zero-order valence-electron chi connectivity index (χ0n) is 10.00. The van der Waals surface area contributed by atoms with Crippen LogP contribution < -0.4 is 0 Å². The highest BCUT2D eigenvalue weighted by Gasteiger charge is 2.25. The Kier molecular flexibility index (Phi) is 3.27. The lowest BCUT2D eigenvalue weighted by molar-refractivity contribution is 0.0913. The summed E-state index contributed by atoms with van der Waals surface area (Å²) in [6.45, 7) is 9.75. The van der Waals surface area contributed by atoms with Gasteiger partial charge in [0.05, 0.1) is 0 Å². The Balaban J connectivity index is 2.90. The van der Waals surface area contributed by atoms with Crippen molar-refractivity contribution >= 4 is 5.78 Å². The van der Waals surface area contributed by atoms with Gasteiger partial charge >= 0.3 is 0 Å². The van der Waals surface area contributed by atoms with E-state index in [4.69, 9.17) is 4.52 Å². The number of carbonyl (C=O) groups excluding carboxylic acids is 1. The van der Waals surface area contributed by atoms with Gasteiger partial charge in [0.15, 0.2) is 0 Å². The van der Waals surface area contributed by atoms with Crippen molar-refractivity contribution in [3.05, 3.63) is 11.7 Å². The second kappa shape index (κ2) is 4.13. The monoisotopic (exact) mass is 210 g/mol. The van der Waals surface area contributed by atoms with Gasteiger partial charge in [-0.2, -0.15) is 4.98 Å². The number of nitrogens with zero attached hydrogens (tertiary/aromatic N) is 2. The van der Waals surface area contributed by atoms with Gasteiger partial charge in [-0.1, -0.05) is 39.8 Å². The van der Waals surface area contributed by atoms with E-state index in [2.05, 4.69) is 10.1 Å². The highest BCUT2D eigenvalue weighted by molar-refractivity contribution is 5.93. The Labute approximate surface area is 90.1 Å². The van der Waals surface area contributed by atoms with Crippen molar-refractivity contribution in [2.75, 3.05) is 0 Å². The van der Waals surface area contributed by atoms with E-state index in [0.29, 0.717) is 5.89 Å². The predicted molar refractivity (Wildman–Crippen MR) is 56.8 cm³/mol. The van der Waals surface area contributed by atoms with Crippen molar-refractivity contribution in [2.45, 2.75) is 46.5 Å². The fourth-order valence-corrected chi connectivity index (χ4v) is 1.03. The average Bonchev–Trinajstić information content (AvgIpc) is 2.63. The molecule has 1 aromatic rings. The molecule has 4 heteroatoms. The molecule has 84 valence electrons. The molecule has 0 spiro atoms. The van der Waals surface area contributed by atoms with Crippen LogP contribution in [0.4, 0.5) is 0 Å². The molecule has 0 fully saturated rings. The maximum Gasteiger partial charge on any atom is 0.238 e. The third-order valence-electron chi connectivity index (χ3n) is 2.35. The Morgan fingerprint density at radius 1 is 1.47 bits per heavy atom. The quantitative estimate of drug-likeness (QED) is 0.719. The molecular formula is C11H18N2O2. The van der Waals surface area contributed by atoms with E-state index in [1.54, 1.807) is 0 Å². The van der Waals surface area contributed by atoms with Crippen LogP contribution in [-0.4, -0.2) is 15.9 Å². The standard InChI is InChI=1S/C11H18N2O2/c1-6-7(2)8(14)9-12-10(15-13-9)11(3,4)5/h7H,6H2,1-5H3. The Hall–Kier alpha value is -1.19. The van der Waals surface area contributed by atoms with Crippen LogP contribution in [0.3, 0.4) is 0 Å². The maximum absolute atomic E-state index is 11.7. The molecule has 0 aliphatic rings. The van der Waals surface area contributed by atoms with Gasteiger partial charge in [-0.25, -0.2) is 0 Å². The number of hydrogen-bond donors (Lipinski definition) is 0. The first-order valence-electron chi connectivity index (χ1n) is 5.24. The molecule has 0 aliphatic heterocycles. The maximum atomic E-state index is 11.7. The lowest BCUT2D eigenvalue weighted by atomic mass is 9.97. The van der Waals surface area contributed by atoms with Gasteiger partial charge in [-0.05, 0) is 6.42 Å². The van der Waals surface area contributed by atoms with E-state index in [-0.39, 0.29) is 22.9 Å². The Morgan fingerprint density at radius 2 is 2.07 bits per heavy atom. The van der Waals surface area contributed by atoms with E-state index < -0.39 is 0 Å². The van der Waals surface area contributed by atoms with Gasteiger partial charge in [0.1, 0.15) is 0 Å². The lowest BCUT2D eigenvalue weighted by Crippen LogP contribution is -2.14. The molecule has 0 aliphatic carbocycles. The number of carbonyl (C=O) groups is 1. The molecule has 0 saturated carbocycles. The van der Waals surface area contributed by atoms with Crippen molar-refractivity contribution in [1.29, 1.82) is 0 Å². The van der Waals surface area contributed by atoms with Gasteiger partial charge in [-0.3, -0.25) is 4.79 Å². The molecule has 0 N–H and O–H groups in total. The summed E-state index contributed by atoms with van der Waals surface area (Å²) < 4.78 is 5.06. The molecule has 1 rings (SSSR count). The smallest absolute Gasteiger partial charge is 0.238 e. The van der Waals surface area contributed by atoms with E-state index >= 15 is 0 Å². The molecule has 0 aromatic carbocycles. The van der Waals surface area contributed by atoms with E-state index in [9.17, 15) is 4.79 Å². The molecule has 0 radical (unpaired) electrons. The Bertz CT molecular complexity index is 350. The second-order valence-electron chi connectivity index (χ2n) is 4.85. The van der Waals surface area contributed by atoms with Crippen molar-refractivity contribution in [1.82, 2.24) is 10.1 Å². The SMILES string of the molecule is CCC(C)C(=O)c1noc(C(C)(C)C)n1. The first-order chi connectivity index (χ1) is 6.86. The number of ketones is 1. The van der Waals surface area contributed by atoms with Crippen LogP contribution in [0.5, 0.6) is 0 Å². The third-order valence-corrected chi connectivity index (χ3v) is 2.35. The van der Waals surface area contributed by atoms with E-state index in [0.717, 1.165) is 6.42 Å². The minimum atomic E-state index is -0.207. The molecule has 15 heavy (non-hydrogen) atoms. The molecule has 1 aromatic heterocycles. The molecule has 1 atom stereocenters. The fourth-order valence-electron chi connectivity index (χ4n) is 1.03. The van der Waals surface area contributed by atoms with Gasteiger partial charge in [0, 0.05) is 11.3 Å². The van der Waals surface area contributed by atoms with Crippen LogP contribution >= 0.6 is 0 Å². The number of rotatable bonds is 3.